The molecule has 1 saturated carbocycles. The van der Waals surface area contributed by atoms with Crippen LogP contribution in [-0.4, -0.2) is 24.7 Å². The summed E-state index contributed by atoms with van der Waals surface area (Å²) in [6.45, 7) is 3.62. The minimum Gasteiger partial charge on any atom is -0.370 e. The van der Waals surface area contributed by atoms with Crippen LogP contribution in [0.5, 0.6) is 0 Å². The van der Waals surface area contributed by atoms with Gasteiger partial charge in [-0.05, 0) is 26.2 Å². The fraction of sp³-hybridized carbons (Fsp3) is 0.909. The van der Waals surface area contributed by atoms with Gasteiger partial charge in [-0.3, -0.25) is 4.99 Å². The summed E-state index contributed by atoms with van der Waals surface area (Å²) in [5, 5.41) is 2.86. The van der Waals surface area contributed by atoms with Crippen LogP contribution < -0.4 is 11.1 Å². The zero-order chi connectivity index (χ0) is 13.1. The first-order chi connectivity index (χ1) is 7.81. The van der Waals surface area contributed by atoms with E-state index in [1.165, 1.54) is 0 Å². The number of guanidine groups is 1. The van der Waals surface area contributed by atoms with Gasteiger partial charge in [0.15, 0.2) is 5.96 Å². The maximum Gasteiger partial charge on any atom is 0.396 e. The minimum absolute atomic E-state index is 0.106. The number of hydrogen-bond donors (Lipinski definition) is 2. The standard InChI is InChI=1S/C11H20F3N3/c1-3-8(2)17-9(15)16-7-10(5-4-6-10)11(12,13)14/h8H,3-7H2,1-2H3,(H3,15,16,17). The molecule has 100 valence electrons. The van der Waals surface area contributed by atoms with Gasteiger partial charge >= 0.3 is 6.18 Å². The Balaban J connectivity index is 2.56. The van der Waals surface area contributed by atoms with Crippen LogP contribution in [0.4, 0.5) is 13.2 Å². The Bertz CT molecular complexity index is 282. The van der Waals surface area contributed by atoms with Gasteiger partial charge in [-0.2, -0.15) is 13.2 Å². The lowest BCUT2D eigenvalue weighted by molar-refractivity contribution is -0.245. The van der Waals surface area contributed by atoms with Crippen molar-refractivity contribution < 1.29 is 13.2 Å². The Labute approximate surface area is 99.7 Å². The molecule has 0 aromatic rings. The quantitative estimate of drug-likeness (QED) is 0.595. The number of aliphatic imine (C=N–C) groups is 1. The van der Waals surface area contributed by atoms with Gasteiger partial charge in [-0.15, -0.1) is 0 Å². The molecule has 0 radical (unpaired) electrons. The van der Waals surface area contributed by atoms with Gasteiger partial charge in [-0.25, -0.2) is 0 Å². The van der Waals surface area contributed by atoms with Crippen molar-refractivity contribution in [3.8, 4) is 0 Å². The predicted octanol–water partition coefficient (Wildman–Crippen LogP) is 2.42. The van der Waals surface area contributed by atoms with Crippen LogP contribution in [0.15, 0.2) is 4.99 Å². The lowest BCUT2D eigenvalue weighted by Gasteiger charge is -2.41. The lowest BCUT2D eigenvalue weighted by atomic mass is 9.68. The first-order valence-corrected chi connectivity index (χ1v) is 5.94. The van der Waals surface area contributed by atoms with Crippen molar-refractivity contribution in [1.29, 1.82) is 0 Å². The number of nitrogens with one attached hydrogen (secondary N) is 1. The predicted molar refractivity (Wildman–Crippen MR) is 61.7 cm³/mol. The smallest absolute Gasteiger partial charge is 0.370 e. The average Bonchev–Trinajstić information content (AvgIpc) is 2.13. The Morgan fingerprint density at radius 3 is 2.41 bits per heavy atom. The molecule has 1 aliphatic rings. The van der Waals surface area contributed by atoms with E-state index in [1.54, 1.807) is 0 Å². The van der Waals surface area contributed by atoms with E-state index in [0.717, 1.165) is 6.42 Å². The largest absolute Gasteiger partial charge is 0.396 e. The molecule has 0 bridgehead atoms. The summed E-state index contributed by atoms with van der Waals surface area (Å²) in [5.41, 5.74) is 3.92. The number of halogens is 3. The Kier molecular flexibility index (Phi) is 4.27. The van der Waals surface area contributed by atoms with Gasteiger partial charge < -0.3 is 11.1 Å². The van der Waals surface area contributed by atoms with Crippen molar-refractivity contribution in [3.63, 3.8) is 0 Å². The molecule has 0 aliphatic heterocycles. The molecule has 3 N–H and O–H groups in total. The highest BCUT2D eigenvalue weighted by atomic mass is 19.4. The first-order valence-electron chi connectivity index (χ1n) is 5.94. The third-order valence-electron chi connectivity index (χ3n) is 3.47. The number of nitrogens with two attached hydrogens (primary N) is 1. The Hall–Kier alpha value is -0.940. The zero-order valence-corrected chi connectivity index (χ0v) is 10.3. The van der Waals surface area contributed by atoms with Gasteiger partial charge in [0.2, 0.25) is 0 Å². The van der Waals surface area contributed by atoms with Crippen molar-refractivity contribution >= 4 is 5.96 Å². The Morgan fingerprint density at radius 1 is 1.47 bits per heavy atom. The zero-order valence-electron chi connectivity index (χ0n) is 10.3. The van der Waals surface area contributed by atoms with Crippen molar-refractivity contribution in [2.75, 3.05) is 6.54 Å². The van der Waals surface area contributed by atoms with Crippen LogP contribution in [0.2, 0.25) is 0 Å². The third-order valence-corrected chi connectivity index (χ3v) is 3.47. The molecule has 0 aromatic heterocycles. The molecule has 17 heavy (non-hydrogen) atoms. The van der Waals surface area contributed by atoms with Crippen LogP contribution in [0.3, 0.4) is 0 Å². The molecule has 1 unspecified atom stereocenters. The van der Waals surface area contributed by atoms with Crippen molar-refractivity contribution in [3.05, 3.63) is 0 Å². The summed E-state index contributed by atoms with van der Waals surface area (Å²) >= 11 is 0. The van der Waals surface area contributed by atoms with E-state index in [1.807, 2.05) is 13.8 Å². The van der Waals surface area contributed by atoms with E-state index in [4.69, 9.17) is 5.73 Å². The molecule has 0 heterocycles. The molecule has 0 aromatic carbocycles. The minimum atomic E-state index is -4.18. The Morgan fingerprint density at radius 2 is 2.06 bits per heavy atom. The van der Waals surface area contributed by atoms with E-state index in [9.17, 15) is 13.2 Å². The summed E-state index contributed by atoms with van der Waals surface area (Å²) in [6.07, 6.45) is -2.38. The molecule has 1 fully saturated rings. The monoisotopic (exact) mass is 251 g/mol. The topological polar surface area (TPSA) is 50.4 Å². The van der Waals surface area contributed by atoms with E-state index >= 15 is 0 Å². The number of nitrogens with zero attached hydrogens (tertiary/aromatic N) is 1. The summed E-state index contributed by atoms with van der Waals surface area (Å²) in [5.74, 6) is 0.106. The maximum atomic E-state index is 12.8. The van der Waals surface area contributed by atoms with E-state index < -0.39 is 11.6 Å². The second kappa shape index (κ2) is 5.14. The van der Waals surface area contributed by atoms with Crippen LogP contribution in [-0.2, 0) is 0 Å². The summed E-state index contributed by atoms with van der Waals surface area (Å²) in [6, 6.07) is 0.127. The maximum absolute atomic E-state index is 12.8. The van der Waals surface area contributed by atoms with Gasteiger partial charge in [0.25, 0.3) is 0 Å². The van der Waals surface area contributed by atoms with Crippen LogP contribution in [0.25, 0.3) is 0 Å². The highest BCUT2D eigenvalue weighted by Crippen LogP contribution is 2.53. The van der Waals surface area contributed by atoms with Gasteiger partial charge in [0, 0.05) is 6.04 Å². The van der Waals surface area contributed by atoms with Gasteiger partial charge in [-0.1, -0.05) is 13.3 Å². The van der Waals surface area contributed by atoms with Crippen LogP contribution in [0.1, 0.15) is 39.5 Å². The molecule has 1 aliphatic carbocycles. The highest BCUT2D eigenvalue weighted by Gasteiger charge is 2.58. The van der Waals surface area contributed by atoms with Crippen LogP contribution >= 0.6 is 0 Å². The summed E-state index contributed by atoms with van der Waals surface area (Å²) in [7, 11) is 0. The third kappa shape index (κ3) is 3.26. The summed E-state index contributed by atoms with van der Waals surface area (Å²) in [4.78, 5) is 3.84. The van der Waals surface area contributed by atoms with Crippen molar-refractivity contribution in [2.24, 2.45) is 16.1 Å². The van der Waals surface area contributed by atoms with Crippen LogP contribution in [0, 0.1) is 5.41 Å². The molecule has 0 amide bonds. The molecule has 0 saturated heterocycles. The molecular weight excluding hydrogens is 231 g/mol. The molecule has 0 spiro atoms. The van der Waals surface area contributed by atoms with Gasteiger partial charge in [0.1, 0.15) is 0 Å². The fourth-order valence-electron chi connectivity index (χ4n) is 1.77. The fourth-order valence-corrected chi connectivity index (χ4v) is 1.77. The number of hydrogen-bond acceptors (Lipinski definition) is 1. The number of alkyl halides is 3. The second-order valence-corrected chi connectivity index (χ2v) is 4.79. The van der Waals surface area contributed by atoms with Crippen molar-refractivity contribution in [2.45, 2.75) is 51.7 Å². The molecular formula is C11H20F3N3. The summed E-state index contributed by atoms with van der Waals surface area (Å²) < 4.78 is 38.4. The SMILES string of the molecule is CCC(C)NC(N)=NCC1(C(F)(F)F)CCC1. The first kappa shape index (κ1) is 14.1. The normalized spacial score (nSPS) is 21.8. The van der Waals surface area contributed by atoms with Gasteiger partial charge in [0.05, 0.1) is 12.0 Å². The molecule has 1 atom stereocenters. The van der Waals surface area contributed by atoms with E-state index in [2.05, 4.69) is 10.3 Å². The highest BCUT2D eigenvalue weighted by molar-refractivity contribution is 5.78. The average molecular weight is 251 g/mol. The molecule has 1 rings (SSSR count). The second-order valence-electron chi connectivity index (χ2n) is 4.79. The number of rotatable bonds is 4. The van der Waals surface area contributed by atoms with E-state index in [-0.39, 0.29) is 31.4 Å². The lowest BCUT2D eigenvalue weighted by Crippen LogP contribution is -2.47. The van der Waals surface area contributed by atoms with E-state index in [0.29, 0.717) is 6.42 Å². The molecule has 6 heteroatoms. The molecule has 3 nitrogen and oxygen atoms in total. The van der Waals surface area contributed by atoms with Crippen molar-refractivity contribution in [1.82, 2.24) is 5.32 Å².